The lowest BCUT2D eigenvalue weighted by molar-refractivity contribution is 0.321. The molecule has 1 fully saturated rings. The summed E-state index contributed by atoms with van der Waals surface area (Å²) in [5, 5.41) is 3.51. The van der Waals surface area contributed by atoms with Crippen LogP contribution in [-0.2, 0) is 6.54 Å². The number of likely N-dealkylation sites (tertiary alicyclic amines) is 1. The first-order chi connectivity index (χ1) is 7.38. The van der Waals surface area contributed by atoms with E-state index in [2.05, 4.69) is 34.3 Å². The second-order valence-corrected chi connectivity index (χ2v) is 4.13. The maximum atomic E-state index is 4.03. The zero-order chi connectivity index (χ0) is 10.5. The van der Waals surface area contributed by atoms with Gasteiger partial charge in [0.05, 0.1) is 0 Å². The zero-order valence-electron chi connectivity index (χ0n) is 9.32. The number of likely N-dealkylation sites (N-methyl/N-ethyl adjacent to an activating group) is 1. The molecule has 0 radical (unpaired) electrons. The lowest BCUT2D eigenvalue weighted by Gasteiger charge is -2.16. The molecule has 3 nitrogen and oxygen atoms in total. The number of pyridine rings is 1. The van der Waals surface area contributed by atoms with Crippen molar-refractivity contribution in [3.05, 3.63) is 30.1 Å². The molecule has 1 aliphatic heterocycles. The molecule has 1 aromatic rings. The molecule has 1 aliphatic rings. The van der Waals surface area contributed by atoms with Crippen molar-refractivity contribution in [2.75, 3.05) is 19.6 Å². The third-order valence-corrected chi connectivity index (χ3v) is 2.92. The molecular weight excluding hydrogens is 186 g/mol. The highest BCUT2D eigenvalue weighted by Gasteiger charge is 2.20. The van der Waals surface area contributed by atoms with Crippen LogP contribution in [0.3, 0.4) is 0 Å². The Morgan fingerprint density at radius 2 is 2.27 bits per heavy atom. The summed E-state index contributed by atoms with van der Waals surface area (Å²) in [6, 6.07) is 4.89. The van der Waals surface area contributed by atoms with Crippen molar-refractivity contribution in [2.45, 2.75) is 25.9 Å². The molecule has 1 N–H and O–H groups in total. The van der Waals surface area contributed by atoms with Crippen molar-refractivity contribution in [1.29, 1.82) is 0 Å². The van der Waals surface area contributed by atoms with Gasteiger partial charge in [-0.15, -0.1) is 0 Å². The largest absolute Gasteiger partial charge is 0.313 e. The van der Waals surface area contributed by atoms with Gasteiger partial charge in [-0.05, 0) is 30.7 Å². The summed E-state index contributed by atoms with van der Waals surface area (Å²) in [6.07, 6.45) is 5.01. The molecule has 2 rings (SSSR count). The van der Waals surface area contributed by atoms with Crippen LogP contribution in [0.1, 0.15) is 18.9 Å². The fourth-order valence-electron chi connectivity index (χ4n) is 2.18. The van der Waals surface area contributed by atoms with Crippen LogP contribution in [0.2, 0.25) is 0 Å². The molecule has 15 heavy (non-hydrogen) atoms. The summed E-state index contributed by atoms with van der Waals surface area (Å²) in [7, 11) is 0. The fraction of sp³-hybridized carbons (Fsp3) is 0.583. The first kappa shape index (κ1) is 10.6. The normalized spacial score (nSPS) is 22.1. The van der Waals surface area contributed by atoms with Gasteiger partial charge >= 0.3 is 0 Å². The Morgan fingerprint density at radius 1 is 1.47 bits per heavy atom. The van der Waals surface area contributed by atoms with E-state index in [0.29, 0.717) is 6.04 Å². The van der Waals surface area contributed by atoms with Crippen LogP contribution in [0.4, 0.5) is 0 Å². The molecule has 0 bridgehead atoms. The van der Waals surface area contributed by atoms with E-state index in [1.165, 1.54) is 25.1 Å². The van der Waals surface area contributed by atoms with Crippen LogP contribution < -0.4 is 5.32 Å². The molecule has 2 heterocycles. The van der Waals surface area contributed by atoms with E-state index < -0.39 is 0 Å². The highest BCUT2D eigenvalue weighted by atomic mass is 15.2. The minimum atomic E-state index is 0.692. The molecule has 1 saturated heterocycles. The number of aromatic nitrogens is 1. The molecule has 0 aliphatic carbocycles. The second kappa shape index (κ2) is 5.24. The van der Waals surface area contributed by atoms with Gasteiger partial charge in [-0.2, -0.15) is 0 Å². The molecule has 82 valence electrons. The number of hydrogen-bond acceptors (Lipinski definition) is 3. The van der Waals surface area contributed by atoms with E-state index in [1.807, 2.05) is 12.4 Å². The zero-order valence-corrected chi connectivity index (χ0v) is 9.32. The topological polar surface area (TPSA) is 28.2 Å². The van der Waals surface area contributed by atoms with Crippen LogP contribution in [-0.4, -0.2) is 35.6 Å². The summed E-state index contributed by atoms with van der Waals surface area (Å²) < 4.78 is 0. The first-order valence-electron chi connectivity index (χ1n) is 5.73. The molecule has 1 atom stereocenters. The average Bonchev–Trinajstić information content (AvgIpc) is 2.68. The van der Waals surface area contributed by atoms with Crippen molar-refractivity contribution < 1.29 is 0 Å². The SMILES string of the molecule is CCNC1CCN(Cc2ccncc2)C1. The smallest absolute Gasteiger partial charge is 0.0271 e. The maximum absolute atomic E-state index is 4.03. The molecule has 3 heteroatoms. The van der Waals surface area contributed by atoms with Gasteiger partial charge in [0.1, 0.15) is 0 Å². The van der Waals surface area contributed by atoms with Crippen LogP contribution in [0.5, 0.6) is 0 Å². The summed E-state index contributed by atoms with van der Waals surface area (Å²) in [5.74, 6) is 0. The highest BCUT2D eigenvalue weighted by Crippen LogP contribution is 2.12. The standard InChI is InChI=1S/C12H19N3/c1-2-14-12-5-8-15(10-12)9-11-3-6-13-7-4-11/h3-4,6-7,12,14H,2,5,8-10H2,1H3. The average molecular weight is 205 g/mol. The number of nitrogens with zero attached hydrogens (tertiary/aromatic N) is 2. The molecule has 0 amide bonds. The Labute approximate surface area is 91.5 Å². The molecule has 1 unspecified atom stereocenters. The van der Waals surface area contributed by atoms with Crippen molar-refractivity contribution >= 4 is 0 Å². The Balaban J connectivity index is 1.82. The lowest BCUT2D eigenvalue weighted by Crippen LogP contribution is -2.32. The highest BCUT2D eigenvalue weighted by molar-refractivity contribution is 5.09. The Hall–Kier alpha value is -0.930. The van der Waals surface area contributed by atoms with Gasteiger partial charge in [0.25, 0.3) is 0 Å². The Kier molecular flexibility index (Phi) is 3.69. The van der Waals surface area contributed by atoms with Gasteiger partial charge in [0.15, 0.2) is 0 Å². The number of rotatable bonds is 4. The van der Waals surface area contributed by atoms with Crippen LogP contribution in [0.15, 0.2) is 24.5 Å². The minimum Gasteiger partial charge on any atom is -0.313 e. The van der Waals surface area contributed by atoms with Crippen molar-refractivity contribution in [3.63, 3.8) is 0 Å². The van der Waals surface area contributed by atoms with Gasteiger partial charge in [0, 0.05) is 38.1 Å². The van der Waals surface area contributed by atoms with E-state index in [1.54, 1.807) is 0 Å². The minimum absolute atomic E-state index is 0.692. The first-order valence-corrected chi connectivity index (χ1v) is 5.73. The molecule has 0 saturated carbocycles. The summed E-state index contributed by atoms with van der Waals surface area (Å²) in [5.41, 5.74) is 1.36. The summed E-state index contributed by atoms with van der Waals surface area (Å²) >= 11 is 0. The summed E-state index contributed by atoms with van der Waals surface area (Å²) in [4.78, 5) is 6.54. The van der Waals surface area contributed by atoms with Crippen molar-refractivity contribution in [3.8, 4) is 0 Å². The van der Waals surface area contributed by atoms with Gasteiger partial charge in [-0.3, -0.25) is 9.88 Å². The Bertz CT molecular complexity index is 286. The predicted octanol–water partition coefficient (Wildman–Crippen LogP) is 1.27. The maximum Gasteiger partial charge on any atom is 0.0271 e. The summed E-state index contributed by atoms with van der Waals surface area (Å²) in [6.45, 7) is 6.69. The third-order valence-electron chi connectivity index (χ3n) is 2.92. The Morgan fingerprint density at radius 3 is 3.00 bits per heavy atom. The van der Waals surface area contributed by atoms with Crippen LogP contribution >= 0.6 is 0 Å². The van der Waals surface area contributed by atoms with Crippen LogP contribution in [0, 0.1) is 0 Å². The number of hydrogen-bond donors (Lipinski definition) is 1. The number of nitrogens with one attached hydrogen (secondary N) is 1. The van der Waals surface area contributed by atoms with Gasteiger partial charge < -0.3 is 5.32 Å². The van der Waals surface area contributed by atoms with E-state index in [0.717, 1.165) is 13.1 Å². The van der Waals surface area contributed by atoms with E-state index in [-0.39, 0.29) is 0 Å². The monoisotopic (exact) mass is 205 g/mol. The van der Waals surface area contributed by atoms with Crippen molar-refractivity contribution in [2.24, 2.45) is 0 Å². The van der Waals surface area contributed by atoms with Gasteiger partial charge in [-0.25, -0.2) is 0 Å². The van der Waals surface area contributed by atoms with E-state index in [9.17, 15) is 0 Å². The van der Waals surface area contributed by atoms with Gasteiger partial charge in [-0.1, -0.05) is 6.92 Å². The molecule has 0 aromatic carbocycles. The quantitative estimate of drug-likeness (QED) is 0.802. The van der Waals surface area contributed by atoms with E-state index >= 15 is 0 Å². The third kappa shape index (κ3) is 3.01. The second-order valence-electron chi connectivity index (χ2n) is 4.13. The molecule has 1 aromatic heterocycles. The van der Waals surface area contributed by atoms with Gasteiger partial charge in [0.2, 0.25) is 0 Å². The van der Waals surface area contributed by atoms with E-state index in [4.69, 9.17) is 0 Å². The van der Waals surface area contributed by atoms with Crippen LogP contribution in [0.25, 0.3) is 0 Å². The molecule has 0 spiro atoms. The lowest BCUT2D eigenvalue weighted by atomic mass is 10.2. The predicted molar refractivity (Wildman–Crippen MR) is 61.6 cm³/mol. The van der Waals surface area contributed by atoms with Crippen molar-refractivity contribution in [1.82, 2.24) is 15.2 Å². The fourth-order valence-corrected chi connectivity index (χ4v) is 2.18. The molecular formula is C12H19N3.